The smallest absolute Gasteiger partial charge is 0.426 e. The molecule has 7 rings (SSSR count). The number of hydrogen-bond donors (Lipinski definition) is 3. The van der Waals surface area contributed by atoms with Crippen molar-refractivity contribution in [3.63, 3.8) is 0 Å². The number of nitrogens with zero attached hydrogens (tertiary/aromatic N) is 6. The lowest BCUT2D eigenvalue weighted by molar-refractivity contribution is -0.299. The molecular formula is C43H48F6N6O8. The molecule has 5 aromatic rings. The van der Waals surface area contributed by atoms with Crippen molar-refractivity contribution in [3.05, 3.63) is 94.2 Å². The Bertz CT molecular complexity index is 2340. The van der Waals surface area contributed by atoms with Gasteiger partial charge in [-0.25, -0.2) is 9.97 Å². The molecule has 0 unspecified atom stereocenters. The average molecular weight is 891 g/mol. The van der Waals surface area contributed by atoms with Gasteiger partial charge in [-0.2, -0.15) is 26.3 Å². The molecule has 2 aliphatic rings. The summed E-state index contributed by atoms with van der Waals surface area (Å²) in [5.74, 6) is -1.68. The fraction of sp³-hybridized carbons (Fsp3) is 0.488. The van der Waals surface area contributed by atoms with Crippen LogP contribution in [-0.4, -0.2) is 70.2 Å². The highest BCUT2D eigenvalue weighted by Crippen LogP contribution is 2.47. The van der Waals surface area contributed by atoms with Crippen LogP contribution >= 0.6 is 0 Å². The summed E-state index contributed by atoms with van der Waals surface area (Å²) < 4.78 is 113. The molecule has 4 atom stereocenters. The van der Waals surface area contributed by atoms with Gasteiger partial charge in [0.05, 0.1) is 25.9 Å². The Labute approximate surface area is 358 Å². The van der Waals surface area contributed by atoms with Gasteiger partial charge >= 0.3 is 12.4 Å². The quantitative estimate of drug-likeness (QED) is 0.112. The van der Waals surface area contributed by atoms with Crippen molar-refractivity contribution < 1.29 is 64.7 Å². The van der Waals surface area contributed by atoms with Gasteiger partial charge in [0, 0.05) is 28.7 Å². The molecule has 2 aliphatic heterocycles. The fourth-order valence-corrected chi connectivity index (χ4v) is 7.03. The van der Waals surface area contributed by atoms with E-state index in [4.69, 9.17) is 23.0 Å². The third kappa shape index (κ3) is 10.5. The molecule has 14 nitrogen and oxygen atoms in total. The first kappa shape index (κ1) is 47.0. The summed E-state index contributed by atoms with van der Waals surface area (Å²) >= 11 is 0. The van der Waals surface area contributed by atoms with E-state index in [0.29, 0.717) is 53.5 Å². The molecule has 63 heavy (non-hydrogen) atoms. The third-order valence-corrected chi connectivity index (χ3v) is 10.6. The van der Waals surface area contributed by atoms with Crippen LogP contribution in [0.15, 0.2) is 63.5 Å². The van der Waals surface area contributed by atoms with E-state index in [-0.39, 0.29) is 66.6 Å². The second kappa shape index (κ2) is 19.5. The summed E-state index contributed by atoms with van der Waals surface area (Å²) in [6, 6.07) is 11.8. The minimum absolute atomic E-state index is 0.0237. The number of pyridine rings is 2. The zero-order valence-electron chi connectivity index (χ0n) is 35.0. The Balaban J connectivity index is 0.000000215. The molecule has 340 valence electrons. The number of hydrogen-bond acceptors (Lipinski definition) is 14. The lowest BCUT2D eigenvalue weighted by Crippen LogP contribution is -2.45. The van der Waals surface area contributed by atoms with Gasteiger partial charge in [-0.15, -0.1) is 20.4 Å². The van der Waals surface area contributed by atoms with E-state index >= 15 is 0 Å². The van der Waals surface area contributed by atoms with E-state index in [9.17, 15) is 41.7 Å². The summed E-state index contributed by atoms with van der Waals surface area (Å²) in [4.78, 5) is 8.70. The number of ether oxygens (including phenoxy) is 3. The Morgan fingerprint density at radius 1 is 0.714 bits per heavy atom. The molecular weight excluding hydrogens is 842 g/mol. The first-order valence-electron chi connectivity index (χ1n) is 20.3. The Kier molecular flexibility index (Phi) is 14.6. The van der Waals surface area contributed by atoms with Crippen molar-refractivity contribution in [1.29, 1.82) is 0 Å². The van der Waals surface area contributed by atoms with Crippen molar-refractivity contribution in [2.75, 3.05) is 0 Å². The summed E-state index contributed by atoms with van der Waals surface area (Å²) in [6.07, 6.45) is -5.54. The Morgan fingerprint density at radius 2 is 1.29 bits per heavy atom. The number of aryl methyl sites for hydroxylation is 2. The number of aromatic nitrogens is 6. The van der Waals surface area contributed by atoms with E-state index in [1.54, 1.807) is 68.5 Å². The number of allylic oxidation sites excluding steroid dienone is 1. The van der Waals surface area contributed by atoms with Crippen LogP contribution in [0.2, 0.25) is 0 Å². The van der Waals surface area contributed by atoms with Crippen LogP contribution in [0.1, 0.15) is 105 Å². The normalized spacial score (nSPS) is 22.1. The lowest BCUT2D eigenvalue weighted by atomic mass is 9.94. The summed E-state index contributed by atoms with van der Waals surface area (Å²) in [5, 5.41) is 44.5. The SMILES string of the molecule is Cc1cc(CO)c2nc1O[C@H](C)CC=CCC[C@](OCc1ccccc1)(C(F)(F)F)c1nnc-2o1.Cc1cc(CO)c2nc1O[C@H](C)CCCCC[C@](O)(C(F)(F)F)c1nnc-2o1. The number of halogens is 6. The highest BCUT2D eigenvalue weighted by Gasteiger charge is 2.61. The molecule has 4 aromatic heterocycles. The second-order valence-corrected chi connectivity index (χ2v) is 15.5. The van der Waals surface area contributed by atoms with Crippen molar-refractivity contribution in [3.8, 4) is 34.9 Å². The van der Waals surface area contributed by atoms with Crippen LogP contribution in [0.4, 0.5) is 26.3 Å². The predicted octanol–water partition coefficient (Wildman–Crippen LogP) is 8.83. The Hall–Kier alpha value is -5.44. The number of aliphatic hydroxyl groups is 3. The zero-order valence-corrected chi connectivity index (χ0v) is 35.0. The zero-order chi connectivity index (χ0) is 45.6. The van der Waals surface area contributed by atoms with Gasteiger partial charge in [-0.05, 0) is 83.9 Å². The number of fused-ring (bicyclic) bond motifs is 10. The maximum atomic E-state index is 14.7. The standard InChI is InChI=1S/C25H26F3N3O4.C18H22F3N3O4/c1-16-13-19(14-32)20-22-30-31-23(35-22)24(25(26,27)28,33-15-18-10-6-3-7-11-18)12-8-4-5-9-17(2)34-21(16)29-20;1-10-8-12(9-25)13-15-23-24-16(28-15)17(26,18(19,20)21)7-5-3-4-6-11(2)27-14(10)22-13/h3-7,10-11,13,17,32H,8-9,12,14-15H2,1-2H3;8,11,25-26H,3-7,9H2,1-2H3/t17-,24-;11-,17-/m11/s1. The van der Waals surface area contributed by atoms with E-state index in [1.165, 1.54) is 0 Å². The van der Waals surface area contributed by atoms with Crippen molar-refractivity contribution in [2.24, 2.45) is 0 Å². The molecule has 0 spiro atoms. The van der Waals surface area contributed by atoms with Gasteiger partial charge in [0.1, 0.15) is 17.5 Å². The lowest BCUT2D eigenvalue weighted by Gasteiger charge is -2.32. The van der Waals surface area contributed by atoms with Crippen LogP contribution in [0.5, 0.6) is 11.8 Å². The average Bonchev–Trinajstić information content (AvgIpc) is 3.94. The topological polar surface area (TPSA) is 192 Å². The molecule has 0 amide bonds. The van der Waals surface area contributed by atoms with Crippen LogP contribution < -0.4 is 9.47 Å². The number of aliphatic hydroxyl groups excluding tert-OH is 2. The maximum absolute atomic E-state index is 14.7. The monoisotopic (exact) mass is 890 g/mol. The third-order valence-electron chi connectivity index (χ3n) is 10.6. The molecule has 0 saturated carbocycles. The van der Waals surface area contributed by atoms with Gasteiger partial charge in [0.2, 0.25) is 23.0 Å². The minimum Gasteiger partial charge on any atom is -0.474 e. The van der Waals surface area contributed by atoms with Crippen molar-refractivity contribution in [1.82, 2.24) is 30.4 Å². The van der Waals surface area contributed by atoms with E-state index in [1.807, 2.05) is 13.8 Å². The van der Waals surface area contributed by atoms with Crippen molar-refractivity contribution in [2.45, 2.75) is 135 Å². The van der Waals surface area contributed by atoms with Gasteiger partial charge in [-0.1, -0.05) is 48.9 Å². The fourth-order valence-electron chi connectivity index (χ4n) is 7.03. The largest absolute Gasteiger partial charge is 0.474 e. The second-order valence-electron chi connectivity index (χ2n) is 15.5. The van der Waals surface area contributed by atoms with E-state index < -0.39 is 61.4 Å². The molecule has 8 bridgehead atoms. The van der Waals surface area contributed by atoms with E-state index in [2.05, 4.69) is 30.4 Å². The summed E-state index contributed by atoms with van der Waals surface area (Å²) in [5.41, 5.74) is -3.46. The Morgan fingerprint density at radius 3 is 1.86 bits per heavy atom. The molecule has 1 aromatic carbocycles. The van der Waals surface area contributed by atoms with Gasteiger partial charge in [0.15, 0.2) is 0 Å². The highest BCUT2D eigenvalue weighted by atomic mass is 19.4. The van der Waals surface area contributed by atoms with Gasteiger partial charge < -0.3 is 38.4 Å². The van der Waals surface area contributed by atoms with Crippen molar-refractivity contribution >= 4 is 0 Å². The van der Waals surface area contributed by atoms with Crippen LogP contribution in [0, 0.1) is 13.8 Å². The van der Waals surface area contributed by atoms with Crippen LogP contribution in [0.3, 0.4) is 0 Å². The predicted molar refractivity (Wildman–Crippen MR) is 212 cm³/mol. The molecule has 6 heterocycles. The van der Waals surface area contributed by atoms with Crippen LogP contribution in [0.25, 0.3) is 23.2 Å². The maximum Gasteiger partial charge on any atom is 0.426 e. The number of rotatable bonds is 5. The molecule has 0 saturated heterocycles. The molecule has 0 fully saturated rings. The van der Waals surface area contributed by atoms with Gasteiger partial charge in [0.25, 0.3) is 23.6 Å². The minimum atomic E-state index is -4.98. The summed E-state index contributed by atoms with van der Waals surface area (Å²) in [6.45, 7) is 6.05. The summed E-state index contributed by atoms with van der Waals surface area (Å²) in [7, 11) is 0. The van der Waals surface area contributed by atoms with E-state index in [0.717, 1.165) is 0 Å². The number of benzene rings is 1. The molecule has 20 heteroatoms. The van der Waals surface area contributed by atoms with Gasteiger partial charge in [-0.3, -0.25) is 0 Å². The molecule has 0 aliphatic carbocycles. The molecule has 0 radical (unpaired) electrons. The first-order valence-corrected chi connectivity index (χ1v) is 20.3. The van der Waals surface area contributed by atoms with Crippen LogP contribution in [-0.2, 0) is 35.8 Å². The number of alkyl halides is 6. The highest BCUT2D eigenvalue weighted by molar-refractivity contribution is 5.56. The first-order chi connectivity index (χ1) is 29.9. The molecule has 3 N–H and O–H groups in total.